The molecule has 1 saturated heterocycles. The van der Waals surface area contributed by atoms with E-state index in [4.69, 9.17) is 22.1 Å². The normalized spacial score (nSPS) is 17.5. The van der Waals surface area contributed by atoms with Crippen LogP contribution in [0.25, 0.3) is 0 Å². The van der Waals surface area contributed by atoms with Crippen molar-refractivity contribution in [3.63, 3.8) is 0 Å². The Hall–Kier alpha value is -2.85. The number of pyridine rings is 1. The van der Waals surface area contributed by atoms with Crippen molar-refractivity contribution in [3.8, 4) is 5.75 Å². The van der Waals surface area contributed by atoms with Crippen LogP contribution < -0.4 is 10.5 Å². The highest BCUT2D eigenvalue weighted by Crippen LogP contribution is 2.32. The number of carbonyl (C=O) groups excluding carboxylic acids is 2. The predicted molar refractivity (Wildman–Crippen MR) is 107 cm³/mol. The molecule has 11 heteroatoms. The van der Waals surface area contributed by atoms with Crippen molar-refractivity contribution < 1.29 is 27.5 Å². The average Bonchev–Trinajstić information content (AvgIpc) is 2.67. The average molecular weight is 457 g/mol. The predicted octanol–water partition coefficient (Wildman–Crippen LogP) is 3.56. The minimum atomic E-state index is -4.48. The van der Waals surface area contributed by atoms with E-state index in [1.807, 2.05) is 11.8 Å². The number of hydrogen-bond donors (Lipinski definition) is 1. The van der Waals surface area contributed by atoms with Crippen LogP contribution in [0.5, 0.6) is 5.75 Å². The van der Waals surface area contributed by atoms with Gasteiger partial charge in [-0.3, -0.25) is 14.7 Å². The Labute approximate surface area is 181 Å². The highest BCUT2D eigenvalue weighted by Gasteiger charge is 2.32. The maximum absolute atomic E-state index is 13.0. The van der Waals surface area contributed by atoms with Crippen LogP contribution in [0.3, 0.4) is 0 Å². The van der Waals surface area contributed by atoms with Gasteiger partial charge < -0.3 is 15.4 Å². The molecule has 1 aliphatic rings. The van der Waals surface area contributed by atoms with Gasteiger partial charge in [0.1, 0.15) is 0 Å². The molecule has 1 fully saturated rings. The molecule has 1 atom stereocenters. The summed E-state index contributed by atoms with van der Waals surface area (Å²) >= 11 is 5.85. The lowest BCUT2D eigenvalue weighted by atomic mass is 10.1. The first-order valence-corrected chi connectivity index (χ1v) is 9.73. The zero-order valence-electron chi connectivity index (χ0n) is 16.5. The number of primary amides is 1. The number of carbonyl (C=O) groups is 2. The lowest BCUT2D eigenvalue weighted by Gasteiger charge is -2.39. The Kier molecular flexibility index (Phi) is 6.71. The van der Waals surface area contributed by atoms with Gasteiger partial charge in [-0.1, -0.05) is 11.6 Å². The number of amides is 2. The Balaban J connectivity index is 1.62. The van der Waals surface area contributed by atoms with Crippen molar-refractivity contribution in [2.24, 2.45) is 5.73 Å². The molecule has 0 aliphatic carbocycles. The summed E-state index contributed by atoms with van der Waals surface area (Å²) < 4.78 is 44.3. The first-order valence-electron chi connectivity index (χ1n) is 9.35. The number of ether oxygens (including phenoxy) is 1. The van der Waals surface area contributed by atoms with E-state index in [9.17, 15) is 22.8 Å². The summed E-state index contributed by atoms with van der Waals surface area (Å²) in [6.45, 7) is 3.26. The van der Waals surface area contributed by atoms with Gasteiger partial charge in [0, 0.05) is 43.4 Å². The Morgan fingerprint density at radius 2 is 1.97 bits per heavy atom. The third-order valence-electron chi connectivity index (χ3n) is 4.84. The molecule has 166 valence electrons. The van der Waals surface area contributed by atoms with Gasteiger partial charge in [0.05, 0.1) is 17.3 Å². The van der Waals surface area contributed by atoms with Crippen LogP contribution in [-0.2, 0) is 12.7 Å². The zero-order valence-corrected chi connectivity index (χ0v) is 17.3. The second-order valence-corrected chi connectivity index (χ2v) is 7.70. The number of piperazine rings is 1. The van der Waals surface area contributed by atoms with Gasteiger partial charge in [-0.2, -0.15) is 13.2 Å². The summed E-state index contributed by atoms with van der Waals surface area (Å²) in [5.41, 5.74) is 4.95. The van der Waals surface area contributed by atoms with E-state index in [0.717, 1.165) is 12.1 Å². The number of alkyl halides is 3. The van der Waals surface area contributed by atoms with E-state index in [2.05, 4.69) is 4.98 Å². The standard InChI is InChI=1S/C20H20ClF3N4O3/c1-12-10-27(11-13-4-15(20(22,23)24)7-16(21)5-13)2-3-28(12)19(30)31-17-6-14(18(25)29)8-26-9-17/h4-9,12H,2-3,10-11H2,1H3,(H2,25,29). The lowest BCUT2D eigenvalue weighted by molar-refractivity contribution is -0.137. The van der Waals surface area contributed by atoms with Crippen molar-refractivity contribution in [1.82, 2.24) is 14.8 Å². The first kappa shape index (κ1) is 22.8. The minimum absolute atomic E-state index is 0.0203. The van der Waals surface area contributed by atoms with Gasteiger partial charge in [-0.25, -0.2) is 4.79 Å². The number of nitrogens with zero attached hydrogens (tertiary/aromatic N) is 3. The summed E-state index contributed by atoms with van der Waals surface area (Å²) in [5.74, 6) is -0.600. The van der Waals surface area contributed by atoms with E-state index in [-0.39, 0.29) is 28.9 Å². The Morgan fingerprint density at radius 3 is 2.61 bits per heavy atom. The van der Waals surface area contributed by atoms with Crippen LogP contribution >= 0.6 is 11.6 Å². The number of hydrogen-bond acceptors (Lipinski definition) is 5. The second-order valence-electron chi connectivity index (χ2n) is 7.26. The molecule has 1 aliphatic heterocycles. The Bertz CT molecular complexity index is 986. The fourth-order valence-corrected chi connectivity index (χ4v) is 3.64. The monoisotopic (exact) mass is 456 g/mol. The maximum Gasteiger partial charge on any atom is 0.416 e. The van der Waals surface area contributed by atoms with Crippen LogP contribution in [0.4, 0.5) is 18.0 Å². The molecule has 0 saturated carbocycles. The lowest BCUT2D eigenvalue weighted by Crippen LogP contribution is -2.54. The van der Waals surface area contributed by atoms with Crippen molar-refractivity contribution in [3.05, 3.63) is 58.4 Å². The Morgan fingerprint density at radius 1 is 1.23 bits per heavy atom. The summed E-state index contributed by atoms with van der Waals surface area (Å²) in [6, 6.07) is 4.54. The number of benzene rings is 1. The molecule has 1 aromatic carbocycles. The van der Waals surface area contributed by atoms with Crippen LogP contribution in [0.15, 0.2) is 36.7 Å². The van der Waals surface area contributed by atoms with E-state index >= 15 is 0 Å². The molecule has 7 nitrogen and oxygen atoms in total. The van der Waals surface area contributed by atoms with Gasteiger partial charge >= 0.3 is 12.3 Å². The molecule has 2 N–H and O–H groups in total. The van der Waals surface area contributed by atoms with E-state index in [1.165, 1.54) is 29.4 Å². The molecular weight excluding hydrogens is 437 g/mol. The largest absolute Gasteiger partial charge is 0.416 e. The quantitative estimate of drug-likeness (QED) is 0.760. The van der Waals surface area contributed by atoms with Crippen LogP contribution in [0.1, 0.15) is 28.4 Å². The zero-order chi connectivity index (χ0) is 22.8. The third kappa shape index (κ3) is 5.86. The molecule has 3 rings (SSSR count). The molecular formula is C20H20ClF3N4O3. The topological polar surface area (TPSA) is 88.8 Å². The molecule has 0 bridgehead atoms. The molecule has 1 unspecified atom stereocenters. The molecule has 2 amide bonds. The molecule has 0 spiro atoms. The molecule has 2 heterocycles. The van der Waals surface area contributed by atoms with E-state index in [0.29, 0.717) is 25.2 Å². The SMILES string of the molecule is CC1CN(Cc2cc(Cl)cc(C(F)(F)F)c2)CCN1C(=O)Oc1cncc(C(N)=O)c1. The van der Waals surface area contributed by atoms with Gasteiger partial charge in [0.15, 0.2) is 5.75 Å². The summed E-state index contributed by atoms with van der Waals surface area (Å²) in [5, 5.41) is 0.0203. The highest BCUT2D eigenvalue weighted by atomic mass is 35.5. The van der Waals surface area contributed by atoms with Gasteiger partial charge in [-0.05, 0) is 36.8 Å². The number of nitrogens with two attached hydrogens (primary N) is 1. The smallest absolute Gasteiger partial charge is 0.409 e. The van der Waals surface area contributed by atoms with Crippen LogP contribution in [0.2, 0.25) is 5.02 Å². The summed E-state index contributed by atoms with van der Waals surface area (Å²) in [7, 11) is 0. The molecule has 0 radical (unpaired) electrons. The van der Waals surface area contributed by atoms with E-state index < -0.39 is 23.7 Å². The van der Waals surface area contributed by atoms with Gasteiger partial charge in [0.2, 0.25) is 5.91 Å². The number of halogens is 4. The summed E-state index contributed by atoms with van der Waals surface area (Å²) in [6.07, 6.45) is -2.53. The highest BCUT2D eigenvalue weighted by molar-refractivity contribution is 6.30. The second kappa shape index (κ2) is 9.11. The van der Waals surface area contributed by atoms with Crippen molar-refractivity contribution in [2.45, 2.75) is 25.7 Å². The molecule has 31 heavy (non-hydrogen) atoms. The number of rotatable bonds is 4. The van der Waals surface area contributed by atoms with Crippen molar-refractivity contribution >= 4 is 23.6 Å². The van der Waals surface area contributed by atoms with Crippen LogP contribution in [0, 0.1) is 0 Å². The first-order chi connectivity index (χ1) is 14.5. The van der Waals surface area contributed by atoms with Gasteiger partial charge in [0.25, 0.3) is 0 Å². The van der Waals surface area contributed by atoms with Gasteiger partial charge in [-0.15, -0.1) is 0 Å². The fourth-order valence-electron chi connectivity index (χ4n) is 3.38. The van der Waals surface area contributed by atoms with Crippen LogP contribution in [-0.4, -0.2) is 52.5 Å². The fraction of sp³-hybridized carbons (Fsp3) is 0.350. The third-order valence-corrected chi connectivity index (χ3v) is 5.06. The number of aromatic nitrogens is 1. The molecule has 1 aromatic heterocycles. The van der Waals surface area contributed by atoms with E-state index in [1.54, 1.807) is 0 Å². The van der Waals surface area contributed by atoms with Crippen molar-refractivity contribution in [2.75, 3.05) is 19.6 Å². The van der Waals surface area contributed by atoms with Crippen molar-refractivity contribution in [1.29, 1.82) is 0 Å². The minimum Gasteiger partial charge on any atom is -0.409 e. The molecule has 2 aromatic rings. The summed E-state index contributed by atoms with van der Waals surface area (Å²) in [4.78, 5) is 31.0. The maximum atomic E-state index is 13.0.